The highest BCUT2D eigenvalue weighted by Crippen LogP contribution is 2.29. The minimum absolute atomic E-state index is 0.133. The Morgan fingerprint density at radius 3 is 2.71 bits per heavy atom. The monoisotopic (exact) mass is 236 g/mol. The van der Waals surface area contributed by atoms with Gasteiger partial charge >= 0.3 is 0 Å². The molecule has 0 spiro atoms. The SMILES string of the molecule is CN(C1CCCC1)C(CN)c1cccc(F)c1. The first-order valence-electron chi connectivity index (χ1n) is 6.40. The van der Waals surface area contributed by atoms with Crippen LogP contribution < -0.4 is 5.73 Å². The molecule has 17 heavy (non-hydrogen) atoms. The Labute approximate surface area is 103 Å². The molecule has 1 aromatic rings. The number of nitrogens with two attached hydrogens (primary N) is 1. The molecule has 0 saturated heterocycles. The van der Waals surface area contributed by atoms with E-state index in [1.165, 1.54) is 31.7 Å². The fourth-order valence-electron chi connectivity index (χ4n) is 2.82. The second kappa shape index (κ2) is 5.61. The molecule has 1 saturated carbocycles. The van der Waals surface area contributed by atoms with Gasteiger partial charge in [-0.15, -0.1) is 0 Å². The van der Waals surface area contributed by atoms with Gasteiger partial charge in [-0.2, -0.15) is 0 Å². The summed E-state index contributed by atoms with van der Waals surface area (Å²) in [5, 5.41) is 0. The Bertz CT molecular complexity index is 361. The molecule has 1 aliphatic carbocycles. The molecule has 1 aromatic carbocycles. The van der Waals surface area contributed by atoms with Gasteiger partial charge in [0.25, 0.3) is 0 Å². The number of rotatable bonds is 4. The molecule has 0 aromatic heterocycles. The Morgan fingerprint density at radius 2 is 2.12 bits per heavy atom. The second-order valence-electron chi connectivity index (χ2n) is 4.91. The van der Waals surface area contributed by atoms with E-state index in [9.17, 15) is 4.39 Å². The van der Waals surface area contributed by atoms with Crippen molar-refractivity contribution in [3.63, 3.8) is 0 Å². The number of likely N-dealkylation sites (N-methyl/N-ethyl adjacent to an activating group) is 1. The number of halogens is 1. The zero-order valence-electron chi connectivity index (χ0n) is 10.4. The second-order valence-corrected chi connectivity index (χ2v) is 4.91. The van der Waals surface area contributed by atoms with Gasteiger partial charge in [0.2, 0.25) is 0 Å². The number of hydrogen-bond donors (Lipinski definition) is 1. The first kappa shape index (κ1) is 12.5. The molecule has 2 rings (SSSR count). The van der Waals surface area contributed by atoms with E-state index in [4.69, 9.17) is 5.73 Å². The van der Waals surface area contributed by atoms with Crippen molar-refractivity contribution in [2.45, 2.75) is 37.8 Å². The molecular weight excluding hydrogens is 215 g/mol. The topological polar surface area (TPSA) is 29.3 Å². The fraction of sp³-hybridized carbons (Fsp3) is 0.571. The van der Waals surface area contributed by atoms with Crippen LogP contribution in [0.3, 0.4) is 0 Å². The van der Waals surface area contributed by atoms with Crippen molar-refractivity contribution in [2.75, 3.05) is 13.6 Å². The molecule has 1 fully saturated rings. The molecule has 3 heteroatoms. The van der Waals surface area contributed by atoms with Crippen molar-refractivity contribution < 1.29 is 4.39 Å². The minimum atomic E-state index is -0.180. The van der Waals surface area contributed by atoms with Crippen molar-refractivity contribution in [2.24, 2.45) is 5.73 Å². The van der Waals surface area contributed by atoms with Crippen LogP contribution in [-0.4, -0.2) is 24.5 Å². The summed E-state index contributed by atoms with van der Waals surface area (Å²) in [6.45, 7) is 0.538. The van der Waals surface area contributed by atoms with Crippen molar-refractivity contribution in [3.05, 3.63) is 35.6 Å². The zero-order valence-corrected chi connectivity index (χ0v) is 10.4. The average Bonchev–Trinajstić information content (AvgIpc) is 2.83. The maximum atomic E-state index is 13.2. The van der Waals surface area contributed by atoms with Crippen LogP contribution in [0.1, 0.15) is 37.3 Å². The molecule has 2 nitrogen and oxygen atoms in total. The Balaban J connectivity index is 2.14. The molecule has 94 valence electrons. The highest BCUT2D eigenvalue weighted by molar-refractivity contribution is 5.20. The quantitative estimate of drug-likeness (QED) is 0.871. The van der Waals surface area contributed by atoms with Gasteiger partial charge in [-0.25, -0.2) is 4.39 Å². The Hall–Kier alpha value is -0.930. The Kier molecular flexibility index (Phi) is 4.13. The largest absolute Gasteiger partial charge is 0.329 e. The van der Waals surface area contributed by atoms with Crippen LogP contribution in [0, 0.1) is 5.82 Å². The number of benzene rings is 1. The van der Waals surface area contributed by atoms with Gasteiger partial charge in [0, 0.05) is 18.6 Å². The summed E-state index contributed by atoms with van der Waals surface area (Å²) in [5.41, 5.74) is 6.85. The minimum Gasteiger partial charge on any atom is -0.329 e. The highest BCUT2D eigenvalue weighted by atomic mass is 19.1. The summed E-state index contributed by atoms with van der Waals surface area (Å²) in [6, 6.07) is 7.54. The molecular formula is C14H21FN2. The summed E-state index contributed by atoms with van der Waals surface area (Å²) < 4.78 is 13.2. The zero-order chi connectivity index (χ0) is 12.3. The number of nitrogens with zero attached hydrogens (tertiary/aromatic N) is 1. The Morgan fingerprint density at radius 1 is 1.41 bits per heavy atom. The normalized spacial score (nSPS) is 18.8. The van der Waals surface area contributed by atoms with Crippen LogP contribution in [0.2, 0.25) is 0 Å². The van der Waals surface area contributed by atoms with E-state index in [0.29, 0.717) is 12.6 Å². The van der Waals surface area contributed by atoms with Crippen molar-refractivity contribution in [1.29, 1.82) is 0 Å². The molecule has 1 unspecified atom stereocenters. The maximum Gasteiger partial charge on any atom is 0.123 e. The van der Waals surface area contributed by atoms with Crippen LogP contribution in [-0.2, 0) is 0 Å². The summed E-state index contributed by atoms with van der Waals surface area (Å²) >= 11 is 0. The van der Waals surface area contributed by atoms with Crippen LogP contribution in [0.4, 0.5) is 4.39 Å². The van der Waals surface area contributed by atoms with Crippen LogP contribution in [0.25, 0.3) is 0 Å². The van der Waals surface area contributed by atoms with Gasteiger partial charge in [0.1, 0.15) is 5.82 Å². The summed E-state index contributed by atoms with van der Waals surface area (Å²) in [4.78, 5) is 2.32. The van der Waals surface area contributed by atoms with Gasteiger partial charge in [0.15, 0.2) is 0 Å². The summed E-state index contributed by atoms with van der Waals surface area (Å²) in [7, 11) is 2.11. The molecule has 0 aliphatic heterocycles. The lowest BCUT2D eigenvalue weighted by Crippen LogP contribution is -2.37. The molecule has 0 bridgehead atoms. The van der Waals surface area contributed by atoms with Gasteiger partial charge < -0.3 is 5.73 Å². The third-order valence-electron chi connectivity index (χ3n) is 3.85. The highest BCUT2D eigenvalue weighted by Gasteiger charge is 2.25. The molecule has 0 radical (unpaired) electrons. The van der Waals surface area contributed by atoms with Crippen LogP contribution >= 0.6 is 0 Å². The van der Waals surface area contributed by atoms with E-state index in [-0.39, 0.29) is 11.9 Å². The van der Waals surface area contributed by atoms with E-state index in [1.807, 2.05) is 6.07 Å². The summed E-state index contributed by atoms with van der Waals surface area (Å²) in [5.74, 6) is -0.180. The molecule has 0 amide bonds. The predicted molar refractivity (Wildman–Crippen MR) is 68.2 cm³/mol. The van der Waals surface area contributed by atoms with E-state index < -0.39 is 0 Å². The molecule has 1 aliphatic rings. The first-order valence-corrected chi connectivity index (χ1v) is 6.40. The van der Waals surface area contributed by atoms with Crippen LogP contribution in [0.5, 0.6) is 0 Å². The predicted octanol–water partition coefficient (Wildman–Crippen LogP) is 2.70. The van der Waals surface area contributed by atoms with Gasteiger partial charge in [-0.3, -0.25) is 4.90 Å². The van der Waals surface area contributed by atoms with E-state index >= 15 is 0 Å². The van der Waals surface area contributed by atoms with E-state index in [0.717, 1.165) is 5.56 Å². The third kappa shape index (κ3) is 2.85. The first-order chi connectivity index (χ1) is 8.22. The lowest BCUT2D eigenvalue weighted by Gasteiger charge is -2.32. The van der Waals surface area contributed by atoms with Gasteiger partial charge in [0.05, 0.1) is 0 Å². The average molecular weight is 236 g/mol. The summed E-state index contributed by atoms with van der Waals surface area (Å²) in [6.07, 6.45) is 5.08. The van der Waals surface area contributed by atoms with E-state index in [1.54, 1.807) is 12.1 Å². The lowest BCUT2D eigenvalue weighted by atomic mass is 10.0. The molecule has 1 atom stereocenters. The lowest BCUT2D eigenvalue weighted by molar-refractivity contribution is 0.179. The number of hydrogen-bond acceptors (Lipinski definition) is 2. The van der Waals surface area contributed by atoms with E-state index in [2.05, 4.69) is 11.9 Å². The van der Waals surface area contributed by atoms with Gasteiger partial charge in [-0.1, -0.05) is 25.0 Å². The molecule has 0 heterocycles. The van der Waals surface area contributed by atoms with Crippen molar-refractivity contribution in [3.8, 4) is 0 Å². The van der Waals surface area contributed by atoms with Gasteiger partial charge in [-0.05, 0) is 37.6 Å². The standard InChI is InChI=1S/C14H21FN2/c1-17(13-7-2-3-8-13)14(10-16)11-5-4-6-12(15)9-11/h4-6,9,13-14H,2-3,7-8,10,16H2,1H3. The van der Waals surface area contributed by atoms with Crippen molar-refractivity contribution >= 4 is 0 Å². The maximum absolute atomic E-state index is 13.2. The smallest absolute Gasteiger partial charge is 0.123 e. The fourth-order valence-corrected chi connectivity index (χ4v) is 2.82. The third-order valence-corrected chi connectivity index (χ3v) is 3.85. The van der Waals surface area contributed by atoms with Crippen LogP contribution in [0.15, 0.2) is 24.3 Å². The van der Waals surface area contributed by atoms with Crippen molar-refractivity contribution in [1.82, 2.24) is 4.90 Å². The molecule has 2 N–H and O–H groups in total.